The van der Waals surface area contributed by atoms with E-state index < -0.39 is 5.91 Å². The minimum atomic E-state index is -0.446. The lowest BCUT2D eigenvalue weighted by molar-refractivity contribution is 0.0941. The maximum absolute atomic E-state index is 13.8. The average molecular weight is 610 g/mol. The van der Waals surface area contributed by atoms with Gasteiger partial charge in [0.05, 0.1) is 0 Å². The van der Waals surface area contributed by atoms with Crippen molar-refractivity contribution in [2.24, 2.45) is 0 Å². The van der Waals surface area contributed by atoms with Gasteiger partial charge in [-0.3, -0.25) is 4.79 Å². The molecule has 3 aromatic carbocycles. The molecular formula is C34H39N7O4. The summed E-state index contributed by atoms with van der Waals surface area (Å²) in [5.74, 6) is -0.0332. The largest absolute Gasteiger partial charge is 0.462 e. The molecule has 0 aliphatic carbocycles. The van der Waals surface area contributed by atoms with E-state index in [0.29, 0.717) is 44.3 Å². The zero-order valence-electron chi connectivity index (χ0n) is 25.7. The molecular weight excluding hydrogens is 570 g/mol. The SMILES string of the molecule is Cc1cccc2cccc(NC(=O)c3nc(OC[C@@H]4CCCN4C)nc(N4CCN(C(=O)OCc5ccccc5)CC4)c3N)c12. The average Bonchev–Trinajstić information content (AvgIpc) is 3.48. The van der Waals surface area contributed by atoms with Crippen LogP contribution in [0.2, 0.25) is 0 Å². The van der Waals surface area contributed by atoms with E-state index in [2.05, 4.69) is 27.2 Å². The number of nitrogens with one attached hydrogen (secondary N) is 1. The molecule has 2 aliphatic rings. The summed E-state index contributed by atoms with van der Waals surface area (Å²) < 4.78 is 11.6. The molecule has 0 unspecified atom stereocenters. The van der Waals surface area contributed by atoms with Gasteiger partial charge in [0.1, 0.15) is 18.9 Å². The number of likely N-dealkylation sites (N-methyl/N-ethyl adjacent to an activating group) is 1. The topological polar surface area (TPSA) is 126 Å². The molecule has 0 spiro atoms. The monoisotopic (exact) mass is 609 g/mol. The van der Waals surface area contributed by atoms with Crippen molar-refractivity contribution in [3.63, 3.8) is 0 Å². The summed E-state index contributed by atoms with van der Waals surface area (Å²) >= 11 is 0. The molecule has 4 aromatic rings. The summed E-state index contributed by atoms with van der Waals surface area (Å²) in [4.78, 5) is 41.6. The number of amides is 2. The van der Waals surface area contributed by atoms with Gasteiger partial charge in [0, 0.05) is 43.3 Å². The molecule has 1 atom stereocenters. The molecule has 2 fully saturated rings. The van der Waals surface area contributed by atoms with Gasteiger partial charge >= 0.3 is 12.1 Å². The Labute approximate surface area is 262 Å². The number of hydrogen-bond acceptors (Lipinski definition) is 9. The smallest absolute Gasteiger partial charge is 0.410 e. The second-order valence-corrected chi connectivity index (χ2v) is 11.6. The van der Waals surface area contributed by atoms with Gasteiger partial charge in [-0.15, -0.1) is 0 Å². The van der Waals surface area contributed by atoms with E-state index in [4.69, 9.17) is 15.2 Å². The molecule has 6 rings (SSSR count). The summed E-state index contributed by atoms with van der Waals surface area (Å²) in [6.45, 7) is 5.38. The van der Waals surface area contributed by atoms with Gasteiger partial charge in [-0.2, -0.15) is 9.97 Å². The lowest BCUT2D eigenvalue weighted by Gasteiger charge is -2.35. The number of fused-ring (bicyclic) bond motifs is 1. The van der Waals surface area contributed by atoms with Crippen LogP contribution in [0.15, 0.2) is 66.7 Å². The Morgan fingerprint density at radius 1 is 0.956 bits per heavy atom. The van der Waals surface area contributed by atoms with E-state index in [1.807, 2.05) is 78.6 Å². The lowest BCUT2D eigenvalue weighted by Crippen LogP contribution is -2.49. The summed E-state index contributed by atoms with van der Waals surface area (Å²) in [6, 6.07) is 21.7. The first-order chi connectivity index (χ1) is 21.9. The minimum absolute atomic E-state index is 0.0464. The van der Waals surface area contributed by atoms with Crippen LogP contribution in [0.25, 0.3) is 10.8 Å². The number of hydrogen-bond donors (Lipinski definition) is 2. The number of benzene rings is 3. The van der Waals surface area contributed by atoms with Crippen LogP contribution in [0, 0.1) is 6.92 Å². The number of nitrogen functional groups attached to an aromatic ring is 1. The van der Waals surface area contributed by atoms with Gasteiger partial charge < -0.3 is 35.2 Å². The summed E-state index contributed by atoms with van der Waals surface area (Å²) in [7, 11) is 2.08. The van der Waals surface area contributed by atoms with E-state index in [-0.39, 0.29) is 36.1 Å². The minimum Gasteiger partial charge on any atom is -0.462 e. The molecule has 11 nitrogen and oxygen atoms in total. The van der Waals surface area contributed by atoms with Crippen LogP contribution in [-0.4, -0.2) is 84.2 Å². The number of nitrogens with zero attached hydrogens (tertiary/aromatic N) is 5. The van der Waals surface area contributed by atoms with Crippen LogP contribution in [0.3, 0.4) is 0 Å². The third-order valence-corrected chi connectivity index (χ3v) is 8.60. The maximum Gasteiger partial charge on any atom is 0.410 e. The van der Waals surface area contributed by atoms with Crippen molar-refractivity contribution >= 4 is 40.0 Å². The fraction of sp³-hybridized carbons (Fsp3) is 0.353. The van der Waals surface area contributed by atoms with E-state index in [0.717, 1.165) is 41.3 Å². The molecule has 45 heavy (non-hydrogen) atoms. The molecule has 234 valence electrons. The first-order valence-corrected chi connectivity index (χ1v) is 15.4. The van der Waals surface area contributed by atoms with Crippen LogP contribution >= 0.6 is 0 Å². The van der Waals surface area contributed by atoms with Gasteiger partial charge in [-0.25, -0.2) is 4.79 Å². The maximum atomic E-state index is 13.8. The Balaban J connectivity index is 1.21. The van der Waals surface area contributed by atoms with Crippen LogP contribution in [0.5, 0.6) is 6.01 Å². The van der Waals surface area contributed by atoms with Crippen LogP contribution in [-0.2, 0) is 11.3 Å². The highest BCUT2D eigenvalue weighted by Crippen LogP contribution is 2.31. The second kappa shape index (κ2) is 13.4. The zero-order valence-corrected chi connectivity index (χ0v) is 25.7. The van der Waals surface area contributed by atoms with Gasteiger partial charge in [0.25, 0.3) is 5.91 Å². The van der Waals surface area contributed by atoms with Crippen molar-refractivity contribution in [3.8, 4) is 6.01 Å². The number of nitrogens with two attached hydrogens (primary N) is 1. The van der Waals surface area contributed by atoms with Crippen molar-refractivity contribution in [1.82, 2.24) is 19.8 Å². The molecule has 3 heterocycles. The molecule has 2 amide bonds. The molecule has 0 saturated carbocycles. The Morgan fingerprint density at radius 3 is 2.44 bits per heavy atom. The number of ether oxygens (including phenoxy) is 2. The molecule has 0 bridgehead atoms. The zero-order chi connectivity index (χ0) is 31.3. The molecule has 2 saturated heterocycles. The normalized spacial score (nSPS) is 17.0. The highest BCUT2D eigenvalue weighted by Gasteiger charge is 2.29. The first-order valence-electron chi connectivity index (χ1n) is 15.4. The fourth-order valence-electron chi connectivity index (χ4n) is 6.00. The number of carbonyl (C=O) groups is 2. The molecule has 2 aliphatic heterocycles. The molecule has 11 heteroatoms. The van der Waals surface area contributed by atoms with Crippen LogP contribution < -0.4 is 20.7 Å². The number of aryl methyl sites for hydroxylation is 1. The van der Waals surface area contributed by atoms with Gasteiger partial charge in [-0.05, 0) is 55.9 Å². The second-order valence-electron chi connectivity index (χ2n) is 11.6. The van der Waals surface area contributed by atoms with Gasteiger partial charge in [0.2, 0.25) is 0 Å². The van der Waals surface area contributed by atoms with Crippen molar-refractivity contribution in [3.05, 3.63) is 83.6 Å². The number of aromatic nitrogens is 2. The molecule has 3 N–H and O–H groups in total. The highest BCUT2D eigenvalue weighted by molar-refractivity contribution is 6.11. The first kappa shape index (κ1) is 30.1. The summed E-state index contributed by atoms with van der Waals surface area (Å²) in [5.41, 5.74) is 9.49. The highest BCUT2D eigenvalue weighted by atomic mass is 16.6. The van der Waals surface area contributed by atoms with Crippen molar-refractivity contribution < 1.29 is 19.1 Å². The Bertz CT molecular complexity index is 1670. The van der Waals surface area contributed by atoms with Crippen molar-refractivity contribution in [2.45, 2.75) is 32.4 Å². The number of piperazine rings is 1. The van der Waals surface area contributed by atoms with Crippen LogP contribution in [0.1, 0.15) is 34.5 Å². The number of likely N-dealkylation sites (tertiary alicyclic amines) is 1. The third-order valence-electron chi connectivity index (χ3n) is 8.60. The lowest BCUT2D eigenvalue weighted by atomic mass is 10.0. The Kier molecular flexibility index (Phi) is 8.97. The van der Waals surface area contributed by atoms with Gasteiger partial charge in [-0.1, -0.05) is 60.7 Å². The van der Waals surface area contributed by atoms with E-state index in [1.54, 1.807) is 4.90 Å². The Morgan fingerprint density at radius 2 is 1.71 bits per heavy atom. The van der Waals surface area contributed by atoms with Crippen LogP contribution in [0.4, 0.5) is 22.0 Å². The van der Waals surface area contributed by atoms with E-state index in [1.165, 1.54) is 0 Å². The molecule has 1 aromatic heterocycles. The predicted molar refractivity (Wildman–Crippen MR) is 175 cm³/mol. The summed E-state index contributed by atoms with van der Waals surface area (Å²) in [6.07, 6.45) is 1.76. The third kappa shape index (κ3) is 6.78. The predicted octanol–water partition coefficient (Wildman–Crippen LogP) is 4.70. The Hall–Kier alpha value is -4.90. The summed E-state index contributed by atoms with van der Waals surface area (Å²) in [5, 5.41) is 5.01. The van der Waals surface area contributed by atoms with Crippen molar-refractivity contribution in [2.75, 3.05) is 62.3 Å². The molecule has 0 radical (unpaired) electrons. The standard InChI is InChI=1S/C34H39N7O4/c1-23-9-6-12-25-13-7-15-27(28(23)25)36-32(42)30-29(35)31(38-33(37-30)44-22-26-14-8-16-39(26)2)40-17-19-41(20-18-40)34(43)45-21-24-10-4-3-5-11-24/h3-7,9-13,15,26H,8,14,16-22,35H2,1-2H3,(H,36,42)/t26-/m0/s1. The quantitative estimate of drug-likeness (QED) is 0.292. The van der Waals surface area contributed by atoms with Crippen molar-refractivity contribution in [1.29, 1.82) is 0 Å². The van der Waals surface area contributed by atoms with E-state index >= 15 is 0 Å². The number of anilines is 3. The van der Waals surface area contributed by atoms with Gasteiger partial charge in [0.15, 0.2) is 11.5 Å². The fourth-order valence-corrected chi connectivity index (χ4v) is 6.00. The number of rotatable bonds is 8. The number of carbonyl (C=O) groups excluding carboxylic acids is 2. The van der Waals surface area contributed by atoms with E-state index in [9.17, 15) is 9.59 Å².